The van der Waals surface area contributed by atoms with E-state index in [9.17, 15) is 0 Å². The molecule has 0 aliphatic rings. The molecule has 0 spiro atoms. The minimum absolute atomic E-state index is 0.0754. The summed E-state index contributed by atoms with van der Waals surface area (Å²) in [5, 5.41) is 8.70. The molecule has 0 unspecified atom stereocenters. The molecule has 3 nitrogen and oxygen atoms in total. The number of ether oxygens (including phenoxy) is 1. The smallest absolute Gasteiger partial charge is 0.130 e. The van der Waals surface area contributed by atoms with Crippen LogP contribution >= 0.6 is 23.2 Å². The summed E-state index contributed by atoms with van der Waals surface area (Å²) >= 11 is 11.7. The quantitative estimate of drug-likeness (QED) is 0.664. The van der Waals surface area contributed by atoms with Gasteiger partial charge < -0.3 is 10.5 Å². The number of amidine groups is 1. The van der Waals surface area contributed by atoms with Crippen LogP contribution in [0.3, 0.4) is 0 Å². The molecule has 0 radical (unpaired) electrons. The third kappa shape index (κ3) is 3.63. The van der Waals surface area contributed by atoms with Crippen LogP contribution in [0.1, 0.15) is 11.1 Å². The average Bonchev–Trinajstić information content (AvgIpc) is 2.39. The number of hydrogen-bond acceptors (Lipinski definition) is 2. The molecule has 2 aromatic carbocycles. The summed E-state index contributed by atoms with van der Waals surface area (Å²) in [5.41, 5.74) is 6.97. The Kier molecular flexibility index (Phi) is 4.30. The maximum Gasteiger partial charge on any atom is 0.130 e. The summed E-state index contributed by atoms with van der Waals surface area (Å²) in [6, 6.07) is 12.4. The molecular weight excluding hydrogens is 283 g/mol. The van der Waals surface area contributed by atoms with Crippen LogP contribution in [0.25, 0.3) is 0 Å². The Morgan fingerprint density at radius 1 is 1.05 bits per heavy atom. The highest BCUT2D eigenvalue weighted by Crippen LogP contribution is 2.23. The number of nitrogens with one attached hydrogen (secondary N) is 1. The van der Waals surface area contributed by atoms with E-state index in [1.165, 1.54) is 0 Å². The lowest BCUT2D eigenvalue weighted by Gasteiger charge is -2.11. The second kappa shape index (κ2) is 5.95. The van der Waals surface area contributed by atoms with E-state index in [1.807, 2.05) is 12.1 Å². The molecule has 2 aromatic rings. The predicted octanol–water partition coefficient (Wildman–Crippen LogP) is 3.86. The molecule has 0 bridgehead atoms. The molecule has 0 aromatic heterocycles. The zero-order valence-electron chi connectivity index (χ0n) is 9.99. The number of nitrogen functional groups attached to an aromatic ring is 1. The summed E-state index contributed by atoms with van der Waals surface area (Å²) in [4.78, 5) is 0. The normalized spacial score (nSPS) is 10.2. The second-order valence-electron chi connectivity index (χ2n) is 3.97. The Balaban J connectivity index is 2.15. The van der Waals surface area contributed by atoms with Crippen LogP contribution in [0.2, 0.25) is 10.0 Å². The summed E-state index contributed by atoms with van der Waals surface area (Å²) in [6.07, 6.45) is 0. The zero-order valence-corrected chi connectivity index (χ0v) is 11.5. The molecule has 2 rings (SSSR count). The van der Waals surface area contributed by atoms with Crippen molar-refractivity contribution >= 4 is 29.0 Å². The van der Waals surface area contributed by atoms with E-state index in [0.29, 0.717) is 28.0 Å². The summed E-state index contributed by atoms with van der Waals surface area (Å²) in [6.45, 7) is 0.374. The number of rotatable bonds is 4. The predicted molar refractivity (Wildman–Crippen MR) is 78.3 cm³/mol. The van der Waals surface area contributed by atoms with Gasteiger partial charge in [-0.1, -0.05) is 35.3 Å². The summed E-state index contributed by atoms with van der Waals surface area (Å²) < 4.78 is 5.66. The molecule has 0 atom stereocenters. The van der Waals surface area contributed by atoms with Gasteiger partial charge in [-0.25, -0.2) is 0 Å². The molecule has 0 amide bonds. The Bertz CT molecular complexity index is 597. The molecule has 0 heterocycles. The fourth-order valence-electron chi connectivity index (χ4n) is 1.58. The lowest BCUT2D eigenvalue weighted by Crippen LogP contribution is -2.13. The van der Waals surface area contributed by atoms with Crippen LogP contribution in [-0.2, 0) is 6.61 Å². The van der Waals surface area contributed by atoms with Crippen LogP contribution in [0, 0.1) is 5.41 Å². The van der Waals surface area contributed by atoms with Crippen molar-refractivity contribution in [2.24, 2.45) is 5.73 Å². The number of hydrogen-bond donors (Lipinski definition) is 2. The van der Waals surface area contributed by atoms with E-state index in [4.69, 9.17) is 39.1 Å². The van der Waals surface area contributed by atoms with Crippen molar-refractivity contribution in [3.63, 3.8) is 0 Å². The highest BCUT2D eigenvalue weighted by atomic mass is 35.5. The number of halogens is 2. The lowest BCUT2D eigenvalue weighted by molar-refractivity contribution is 0.305. The van der Waals surface area contributed by atoms with Gasteiger partial charge in [0.2, 0.25) is 0 Å². The molecular formula is C14H12Cl2N2O. The first-order valence-corrected chi connectivity index (χ1v) is 6.33. The Morgan fingerprint density at radius 3 is 2.32 bits per heavy atom. The largest absolute Gasteiger partial charge is 0.488 e. The molecule has 0 saturated heterocycles. The topological polar surface area (TPSA) is 59.1 Å². The van der Waals surface area contributed by atoms with Crippen molar-refractivity contribution < 1.29 is 4.74 Å². The first-order chi connectivity index (χ1) is 9.06. The van der Waals surface area contributed by atoms with Gasteiger partial charge in [0.25, 0.3) is 0 Å². The Hall–Kier alpha value is -1.71. The van der Waals surface area contributed by atoms with Gasteiger partial charge >= 0.3 is 0 Å². The van der Waals surface area contributed by atoms with Crippen LogP contribution in [0.4, 0.5) is 0 Å². The van der Waals surface area contributed by atoms with Gasteiger partial charge in [0.05, 0.1) is 5.56 Å². The van der Waals surface area contributed by atoms with Gasteiger partial charge in [0.15, 0.2) is 0 Å². The van der Waals surface area contributed by atoms with Crippen LogP contribution < -0.4 is 10.5 Å². The highest BCUT2D eigenvalue weighted by Gasteiger charge is 2.07. The fraction of sp³-hybridized carbons (Fsp3) is 0.0714. The van der Waals surface area contributed by atoms with Crippen molar-refractivity contribution in [3.8, 4) is 5.75 Å². The number of nitrogens with two attached hydrogens (primary N) is 1. The van der Waals surface area contributed by atoms with Crippen molar-refractivity contribution in [2.45, 2.75) is 6.61 Å². The van der Waals surface area contributed by atoms with E-state index in [0.717, 1.165) is 5.56 Å². The van der Waals surface area contributed by atoms with Crippen molar-refractivity contribution in [3.05, 3.63) is 63.6 Å². The maximum absolute atomic E-state index is 7.51. The molecule has 19 heavy (non-hydrogen) atoms. The molecule has 5 heteroatoms. The molecule has 0 fully saturated rings. The summed E-state index contributed by atoms with van der Waals surface area (Å²) in [7, 11) is 0. The first-order valence-electron chi connectivity index (χ1n) is 5.57. The summed E-state index contributed by atoms with van der Waals surface area (Å²) in [5.74, 6) is 0.459. The van der Waals surface area contributed by atoms with Crippen LogP contribution in [0.15, 0.2) is 42.5 Å². The lowest BCUT2D eigenvalue weighted by atomic mass is 10.2. The minimum Gasteiger partial charge on any atom is -0.488 e. The third-order valence-corrected chi connectivity index (χ3v) is 3.03. The van der Waals surface area contributed by atoms with Crippen molar-refractivity contribution in [1.29, 1.82) is 5.41 Å². The van der Waals surface area contributed by atoms with Gasteiger partial charge in [-0.05, 0) is 35.9 Å². The van der Waals surface area contributed by atoms with E-state index >= 15 is 0 Å². The van der Waals surface area contributed by atoms with E-state index in [-0.39, 0.29) is 5.84 Å². The first kappa shape index (κ1) is 13.7. The fourth-order valence-corrected chi connectivity index (χ4v) is 1.88. The molecule has 0 saturated carbocycles. The molecule has 3 N–H and O–H groups in total. The Morgan fingerprint density at radius 2 is 1.68 bits per heavy atom. The van der Waals surface area contributed by atoms with Gasteiger partial charge in [-0.2, -0.15) is 0 Å². The minimum atomic E-state index is -0.0754. The van der Waals surface area contributed by atoms with E-state index in [2.05, 4.69) is 0 Å². The van der Waals surface area contributed by atoms with Crippen LogP contribution in [-0.4, -0.2) is 5.84 Å². The SMILES string of the molecule is N=C(N)c1cc(Cl)ccc1OCc1ccc(Cl)cc1. The molecule has 98 valence electrons. The van der Waals surface area contributed by atoms with Gasteiger partial charge in [-0.15, -0.1) is 0 Å². The Labute approximate surface area is 121 Å². The number of benzene rings is 2. The monoisotopic (exact) mass is 294 g/mol. The maximum atomic E-state index is 7.51. The van der Waals surface area contributed by atoms with E-state index < -0.39 is 0 Å². The van der Waals surface area contributed by atoms with E-state index in [1.54, 1.807) is 30.3 Å². The molecule has 0 aliphatic heterocycles. The average molecular weight is 295 g/mol. The highest BCUT2D eigenvalue weighted by molar-refractivity contribution is 6.31. The standard InChI is InChI=1S/C14H12Cl2N2O/c15-10-3-1-9(2-4-10)8-19-13-6-5-11(16)7-12(13)14(17)18/h1-7H,8H2,(H3,17,18). The van der Waals surface area contributed by atoms with Gasteiger partial charge in [0.1, 0.15) is 18.2 Å². The molecule has 0 aliphatic carbocycles. The van der Waals surface area contributed by atoms with Crippen LogP contribution in [0.5, 0.6) is 5.75 Å². The third-order valence-electron chi connectivity index (χ3n) is 2.54. The van der Waals surface area contributed by atoms with Crippen molar-refractivity contribution in [2.75, 3.05) is 0 Å². The zero-order chi connectivity index (χ0) is 13.8. The van der Waals surface area contributed by atoms with Gasteiger partial charge in [-0.3, -0.25) is 5.41 Å². The second-order valence-corrected chi connectivity index (χ2v) is 4.84. The van der Waals surface area contributed by atoms with Crippen molar-refractivity contribution in [1.82, 2.24) is 0 Å². The van der Waals surface area contributed by atoms with Gasteiger partial charge in [0, 0.05) is 10.0 Å².